The van der Waals surface area contributed by atoms with Crippen molar-refractivity contribution in [3.8, 4) is 0 Å². The van der Waals surface area contributed by atoms with Crippen molar-refractivity contribution in [1.29, 1.82) is 0 Å². The molecule has 2 atom stereocenters. The van der Waals surface area contributed by atoms with Crippen molar-refractivity contribution in [1.82, 2.24) is 5.32 Å². The highest BCUT2D eigenvalue weighted by Crippen LogP contribution is 2.23. The van der Waals surface area contributed by atoms with E-state index in [9.17, 15) is 9.59 Å². The van der Waals surface area contributed by atoms with E-state index in [4.69, 9.17) is 0 Å². The number of Topliss-reactive ketones (excluding diaryl/α,β-unsaturated/α-hetero) is 2. The summed E-state index contributed by atoms with van der Waals surface area (Å²) in [5, 5.41) is 3.12. The van der Waals surface area contributed by atoms with Crippen molar-refractivity contribution in [3.63, 3.8) is 0 Å². The maximum Gasteiger partial charge on any atom is 0.158 e. The van der Waals surface area contributed by atoms with Crippen LogP contribution in [0, 0.1) is 0 Å². The van der Waals surface area contributed by atoms with Crippen molar-refractivity contribution in [2.45, 2.75) is 25.3 Å². The fourth-order valence-electron chi connectivity index (χ4n) is 2.13. The third-order valence-corrected chi connectivity index (χ3v) is 2.95. The molecule has 0 aromatic heterocycles. The van der Waals surface area contributed by atoms with Gasteiger partial charge in [0.05, 0.1) is 12.0 Å². The summed E-state index contributed by atoms with van der Waals surface area (Å²) in [5.41, 5.74) is 1.03. The molecule has 1 heterocycles. The molecule has 3 nitrogen and oxygen atoms in total. The first-order chi connectivity index (χ1) is 7.68. The lowest BCUT2D eigenvalue weighted by molar-refractivity contribution is -0.124. The Kier molecular flexibility index (Phi) is 3.15. The van der Waals surface area contributed by atoms with Crippen LogP contribution in [0.2, 0.25) is 0 Å². The molecule has 0 aliphatic carbocycles. The van der Waals surface area contributed by atoms with Crippen molar-refractivity contribution >= 4 is 11.6 Å². The van der Waals surface area contributed by atoms with Crippen LogP contribution in [0.5, 0.6) is 0 Å². The van der Waals surface area contributed by atoms with E-state index in [2.05, 4.69) is 5.32 Å². The Labute approximate surface area is 94.9 Å². The molecule has 0 saturated carbocycles. The number of ketones is 2. The number of hydrogen-bond acceptors (Lipinski definition) is 3. The van der Waals surface area contributed by atoms with Crippen molar-refractivity contribution < 1.29 is 9.59 Å². The maximum absolute atomic E-state index is 12.0. The van der Waals surface area contributed by atoms with Gasteiger partial charge in [-0.3, -0.25) is 9.59 Å². The number of carbonyl (C=O) groups is 2. The first-order valence-corrected chi connectivity index (χ1v) is 5.50. The quantitative estimate of drug-likeness (QED) is 0.829. The number of hydrogen-bond donors (Lipinski definition) is 1. The molecule has 1 fully saturated rings. The van der Waals surface area contributed by atoms with E-state index in [1.807, 2.05) is 30.3 Å². The molecule has 1 saturated heterocycles. The maximum atomic E-state index is 12.0. The molecule has 16 heavy (non-hydrogen) atoms. The van der Waals surface area contributed by atoms with Gasteiger partial charge < -0.3 is 5.32 Å². The summed E-state index contributed by atoms with van der Waals surface area (Å²) >= 11 is 0. The fourth-order valence-corrected chi connectivity index (χ4v) is 2.13. The predicted molar refractivity (Wildman–Crippen MR) is 61.3 cm³/mol. The molecule has 0 radical (unpaired) electrons. The Morgan fingerprint density at radius 2 is 2.06 bits per heavy atom. The summed E-state index contributed by atoms with van der Waals surface area (Å²) in [5.74, 6) is 0.103. The van der Waals surface area contributed by atoms with Crippen molar-refractivity contribution in [3.05, 3.63) is 35.9 Å². The largest absolute Gasteiger partial charge is 0.306 e. The van der Waals surface area contributed by atoms with E-state index in [1.165, 1.54) is 6.92 Å². The molecule has 0 amide bonds. The van der Waals surface area contributed by atoms with E-state index in [1.54, 1.807) is 0 Å². The lowest BCUT2D eigenvalue weighted by Crippen LogP contribution is -2.29. The highest BCUT2D eigenvalue weighted by atomic mass is 16.1. The Morgan fingerprint density at radius 3 is 2.69 bits per heavy atom. The SMILES string of the molecule is CC(=O)CC1NCC(c2ccccc2)C1=O. The number of benzene rings is 1. The molecule has 3 heteroatoms. The molecule has 0 bridgehead atoms. The van der Waals surface area contributed by atoms with Crippen LogP contribution in [0.15, 0.2) is 30.3 Å². The molecule has 1 N–H and O–H groups in total. The van der Waals surface area contributed by atoms with Gasteiger partial charge in [0.15, 0.2) is 5.78 Å². The van der Waals surface area contributed by atoms with Crippen LogP contribution in [0.25, 0.3) is 0 Å². The second kappa shape index (κ2) is 4.58. The molecule has 1 aliphatic rings. The molecule has 84 valence electrons. The smallest absolute Gasteiger partial charge is 0.158 e. The highest BCUT2D eigenvalue weighted by molar-refractivity contribution is 5.96. The van der Waals surface area contributed by atoms with Gasteiger partial charge in [-0.05, 0) is 12.5 Å². The summed E-state index contributed by atoms with van der Waals surface area (Å²) in [7, 11) is 0. The number of nitrogens with one attached hydrogen (secondary N) is 1. The van der Waals surface area contributed by atoms with Crippen molar-refractivity contribution in [2.24, 2.45) is 0 Å². The predicted octanol–water partition coefficient (Wildman–Crippen LogP) is 1.29. The van der Waals surface area contributed by atoms with E-state index in [-0.39, 0.29) is 23.5 Å². The van der Waals surface area contributed by atoms with E-state index < -0.39 is 0 Å². The summed E-state index contributed by atoms with van der Waals surface area (Å²) < 4.78 is 0. The van der Waals surface area contributed by atoms with Crippen LogP contribution >= 0.6 is 0 Å². The molecule has 2 unspecified atom stereocenters. The highest BCUT2D eigenvalue weighted by Gasteiger charge is 2.34. The second-order valence-electron chi connectivity index (χ2n) is 4.23. The van der Waals surface area contributed by atoms with Gasteiger partial charge in [-0.1, -0.05) is 30.3 Å². The molecule has 1 aliphatic heterocycles. The van der Waals surface area contributed by atoms with Gasteiger partial charge in [0.2, 0.25) is 0 Å². The topological polar surface area (TPSA) is 46.2 Å². The average Bonchev–Trinajstić information content (AvgIpc) is 2.61. The monoisotopic (exact) mass is 217 g/mol. The third kappa shape index (κ3) is 2.19. The summed E-state index contributed by atoms with van der Waals surface area (Å²) in [6.45, 7) is 2.16. The zero-order valence-electron chi connectivity index (χ0n) is 9.27. The first-order valence-electron chi connectivity index (χ1n) is 5.50. The Morgan fingerprint density at radius 1 is 1.38 bits per heavy atom. The molecule has 2 rings (SSSR count). The lowest BCUT2D eigenvalue weighted by Gasteiger charge is -2.08. The minimum Gasteiger partial charge on any atom is -0.306 e. The fraction of sp³-hybridized carbons (Fsp3) is 0.385. The molecule has 1 aromatic rings. The van der Waals surface area contributed by atoms with Gasteiger partial charge in [0, 0.05) is 13.0 Å². The van der Waals surface area contributed by atoms with Crippen molar-refractivity contribution in [2.75, 3.05) is 6.54 Å². The first kappa shape index (κ1) is 11.0. The van der Waals surface area contributed by atoms with E-state index >= 15 is 0 Å². The lowest BCUT2D eigenvalue weighted by atomic mass is 9.94. The van der Waals surface area contributed by atoms with Crippen LogP contribution in [0.4, 0.5) is 0 Å². The minimum absolute atomic E-state index is 0.0551. The van der Waals surface area contributed by atoms with Crippen LogP contribution in [0.1, 0.15) is 24.8 Å². The minimum atomic E-state index is -0.289. The van der Waals surface area contributed by atoms with Crippen LogP contribution in [-0.2, 0) is 9.59 Å². The van der Waals surface area contributed by atoms with Gasteiger partial charge in [0.25, 0.3) is 0 Å². The summed E-state index contributed by atoms with van der Waals surface area (Å²) in [6, 6.07) is 9.43. The van der Waals surface area contributed by atoms with Crippen LogP contribution in [0.3, 0.4) is 0 Å². The molecular formula is C13H15NO2. The summed E-state index contributed by atoms with van der Waals surface area (Å²) in [4.78, 5) is 23.0. The van der Waals surface area contributed by atoms with Gasteiger partial charge in [-0.25, -0.2) is 0 Å². The third-order valence-electron chi connectivity index (χ3n) is 2.95. The van der Waals surface area contributed by atoms with E-state index in [0.717, 1.165) is 5.56 Å². The number of carbonyl (C=O) groups excluding carboxylic acids is 2. The average molecular weight is 217 g/mol. The molecule has 0 spiro atoms. The van der Waals surface area contributed by atoms with Crippen LogP contribution < -0.4 is 5.32 Å². The molecular weight excluding hydrogens is 202 g/mol. The van der Waals surface area contributed by atoms with E-state index in [0.29, 0.717) is 13.0 Å². The Bertz CT molecular complexity index is 400. The van der Waals surface area contributed by atoms with Crippen LogP contribution in [-0.4, -0.2) is 24.2 Å². The number of rotatable bonds is 3. The molecule has 1 aromatic carbocycles. The standard InChI is InChI=1S/C13H15NO2/c1-9(15)7-12-13(16)11(8-14-12)10-5-3-2-4-6-10/h2-6,11-12,14H,7-8H2,1H3. The van der Waals surface area contributed by atoms with Gasteiger partial charge in [-0.15, -0.1) is 0 Å². The summed E-state index contributed by atoms with van der Waals surface area (Å²) in [6.07, 6.45) is 0.308. The van der Waals surface area contributed by atoms with Gasteiger partial charge in [-0.2, -0.15) is 0 Å². The second-order valence-corrected chi connectivity index (χ2v) is 4.23. The Hall–Kier alpha value is -1.48. The zero-order chi connectivity index (χ0) is 11.5. The normalized spacial score (nSPS) is 24.7. The zero-order valence-corrected chi connectivity index (χ0v) is 9.27. The Balaban J connectivity index is 2.11. The van der Waals surface area contributed by atoms with Gasteiger partial charge >= 0.3 is 0 Å². The van der Waals surface area contributed by atoms with Gasteiger partial charge in [0.1, 0.15) is 5.78 Å².